The zero-order valence-electron chi connectivity index (χ0n) is 15.1. The molecule has 2 heterocycles. The number of carbonyl (C=O) groups excluding carboxylic acids is 1. The molecule has 0 aliphatic rings. The number of nitrogens with zero attached hydrogens (tertiary/aromatic N) is 3. The second kappa shape index (κ2) is 7.70. The number of carbonyl (C=O) groups is 1. The van der Waals surface area contributed by atoms with Crippen molar-refractivity contribution in [3.8, 4) is 16.9 Å². The number of fused-ring (bicyclic) bond motifs is 1. The lowest BCUT2D eigenvalue weighted by Crippen LogP contribution is -2.24. The first-order valence-corrected chi connectivity index (χ1v) is 9.03. The molecule has 0 spiro atoms. The molecule has 0 atom stereocenters. The normalized spacial score (nSPS) is 10.8. The van der Waals surface area contributed by atoms with Crippen molar-refractivity contribution in [2.75, 3.05) is 7.11 Å². The molecular formula is C21H17ClN4O2. The Kier molecular flexibility index (Phi) is 4.95. The number of rotatable bonds is 5. The lowest BCUT2D eigenvalue weighted by Gasteiger charge is -2.07. The zero-order chi connectivity index (χ0) is 19.5. The number of methoxy groups -OCH3 is 1. The van der Waals surface area contributed by atoms with Gasteiger partial charge in [0.2, 0.25) is 0 Å². The molecule has 0 aliphatic carbocycles. The summed E-state index contributed by atoms with van der Waals surface area (Å²) in [4.78, 5) is 17.1. The molecule has 1 N–H and O–H groups in total. The number of halogens is 1. The molecule has 6 nitrogen and oxygen atoms in total. The maximum atomic E-state index is 12.6. The molecule has 0 aliphatic heterocycles. The van der Waals surface area contributed by atoms with Gasteiger partial charge in [-0.05, 0) is 41.5 Å². The fraction of sp³-hybridized carbons (Fsp3) is 0.0952. The van der Waals surface area contributed by atoms with Crippen LogP contribution in [0.15, 0.2) is 67.0 Å². The van der Waals surface area contributed by atoms with Crippen LogP contribution in [-0.4, -0.2) is 27.6 Å². The molecule has 140 valence electrons. The van der Waals surface area contributed by atoms with Crippen LogP contribution >= 0.6 is 11.6 Å². The van der Waals surface area contributed by atoms with E-state index in [1.165, 1.54) is 0 Å². The summed E-state index contributed by atoms with van der Waals surface area (Å²) in [6, 6.07) is 16.6. The van der Waals surface area contributed by atoms with Crippen molar-refractivity contribution >= 4 is 23.2 Å². The Bertz CT molecular complexity index is 1140. The van der Waals surface area contributed by atoms with Crippen LogP contribution in [0.25, 0.3) is 16.8 Å². The Hall–Kier alpha value is -3.38. The molecule has 4 aromatic rings. The third-order valence-electron chi connectivity index (χ3n) is 4.35. The largest absolute Gasteiger partial charge is 0.497 e. The minimum Gasteiger partial charge on any atom is -0.497 e. The highest BCUT2D eigenvalue weighted by Crippen LogP contribution is 2.25. The molecule has 1 amide bonds. The number of ether oxygens (including phenoxy) is 1. The summed E-state index contributed by atoms with van der Waals surface area (Å²) in [7, 11) is 1.62. The average molecular weight is 393 g/mol. The zero-order valence-corrected chi connectivity index (χ0v) is 15.8. The summed E-state index contributed by atoms with van der Waals surface area (Å²) < 4.78 is 6.77. The summed E-state index contributed by atoms with van der Waals surface area (Å²) in [5.74, 6) is 0.521. The molecule has 0 unspecified atom stereocenters. The van der Waals surface area contributed by atoms with Gasteiger partial charge in [0.1, 0.15) is 11.4 Å². The fourth-order valence-corrected chi connectivity index (χ4v) is 3.06. The van der Waals surface area contributed by atoms with Crippen LogP contribution in [-0.2, 0) is 6.54 Å². The molecule has 2 aromatic heterocycles. The van der Waals surface area contributed by atoms with Gasteiger partial charge in [0.25, 0.3) is 5.91 Å². The predicted octanol–water partition coefficient (Wildman–Crippen LogP) is 3.99. The summed E-state index contributed by atoms with van der Waals surface area (Å²) >= 11 is 6.09. The van der Waals surface area contributed by atoms with E-state index in [4.69, 9.17) is 16.3 Å². The van der Waals surface area contributed by atoms with Crippen LogP contribution in [0, 0.1) is 0 Å². The van der Waals surface area contributed by atoms with Crippen molar-refractivity contribution in [3.63, 3.8) is 0 Å². The molecular weight excluding hydrogens is 376 g/mol. The second-order valence-corrected chi connectivity index (χ2v) is 6.62. The van der Waals surface area contributed by atoms with E-state index in [1.54, 1.807) is 30.1 Å². The van der Waals surface area contributed by atoms with Crippen molar-refractivity contribution < 1.29 is 9.53 Å². The van der Waals surface area contributed by atoms with E-state index in [0.717, 1.165) is 22.4 Å². The number of aromatic nitrogens is 3. The van der Waals surface area contributed by atoms with Crippen LogP contribution < -0.4 is 10.1 Å². The Labute approximate surface area is 166 Å². The SMILES string of the molecule is COc1ccc(CNC(=O)c2ccn3ncc(-c4cccc(Cl)c4)c3n2)cc1. The quantitative estimate of drug-likeness (QED) is 0.557. The highest BCUT2D eigenvalue weighted by Gasteiger charge is 2.13. The van der Waals surface area contributed by atoms with Gasteiger partial charge in [-0.2, -0.15) is 5.10 Å². The van der Waals surface area contributed by atoms with E-state index < -0.39 is 0 Å². The van der Waals surface area contributed by atoms with Crippen molar-refractivity contribution in [1.82, 2.24) is 19.9 Å². The number of hydrogen-bond donors (Lipinski definition) is 1. The molecule has 4 rings (SSSR count). The summed E-state index contributed by atoms with van der Waals surface area (Å²) in [5.41, 5.74) is 3.60. The molecule has 0 saturated heterocycles. The van der Waals surface area contributed by atoms with Crippen LogP contribution in [0.5, 0.6) is 5.75 Å². The maximum Gasteiger partial charge on any atom is 0.270 e. The third-order valence-corrected chi connectivity index (χ3v) is 4.58. The van der Waals surface area contributed by atoms with E-state index in [2.05, 4.69) is 15.4 Å². The Balaban J connectivity index is 1.56. The van der Waals surface area contributed by atoms with Gasteiger partial charge in [0.05, 0.1) is 13.3 Å². The van der Waals surface area contributed by atoms with E-state index in [-0.39, 0.29) is 5.91 Å². The second-order valence-electron chi connectivity index (χ2n) is 6.18. The Morgan fingerprint density at radius 3 is 2.75 bits per heavy atom. The van der Waals surface area contributed by atoms with Crippen LogP contribution in [0.2, 0.25) is 5.02 Å². The van der Waals surface area contributed by atoms with Crippen molar-refractivity contribution in [1.29, 1.82) is 0 Å². The third kappa shape index (κ3) is 3.68. The van der Waals surface area contributed by atoms with Crippen LogP contribution in [0.4, 0.5) is 0 Å². The first-order valence-electron chi connectivity index (χ1n) is 8.65. The number of nitrogens with one attached hydrogen (secondary N) is 1. The van der Waals surface area contributed by atoms with E-state index in [1.807, 2.05) is 48.5 Å². The Morgan fingerprint density at radius 2 is 2.00 bits per heavy atom. The van der Waals surface area contributed by atoms with Crippen molar-refractivity contribution in [3.05, 3.63) is 83.3 Å². The van der Waals surface area contributed by atoms with Gasteiger partial charge < -0.3 is 10.1 Å². The standard InChI is InChI=1S/C21H17ClN4O2/c1-28-17-7-5-14(6-8-17)12-23-21(27)19-9-10-26-20(25-19)18(13-24-26)15-3-2-4-16(22)11-15/h2-11,13H,12H2,1H3,(H,23,27). The molecule has 28 heavy (non-hydrogen) atoms. The minimum atomic E-state index is -0.253. The topological polar surface area (TPSA) is 68.5 Å². The van der Waals surface area contributed by atoms with Gasteiger partial charge in [0.15, 0.2) is 5.65 Å². The van der Waals surface area contributed by atoms with Gasteiger partial charge in [-0.1, -0.05) is 35.9 Å². The molecule has 0 radical (unpaired) electrons. The number of amides is 1. The highest BCUT2D eigenvalue weighted by molar-refractivity contribution is 6.30. The van der Waals surface area contributed by atoms with Gasteiger partial charge in [-0.25, -0.2) is 9.50 Å². The van der Waals surface area contributed by atoms with Gasteiger partial charge >= 0.3 is 0 Å². The molecule has 2 aromatic carbocycles. The van der Waals surface area contributed by atoms with Crippen LogP contribution in [0.1, 0.15) is 16.1 Å². The van der Waals surface area contributed by atoms with E-state index in [0.29, 0.717) is 22.9 Å². The van der Waals surface area contributed by atoms with Gasteiger partial charge in [-0.15, -0.1) is 0 Å². The average Bonchev–Trinajstić information content (AvgIpc) is 3.15. The smallest absolute Gasteiger partial charge is 0.270 e. The Morgan fingerprint density at radius 1 is 1.18 bits per heavy atom. The molecule has 0 fully saturated rings. The first-order chi connectivity index (χ1) is 13.6. The number of benzene rings is 2. The van der Waals surface area contributed by atoms with Crippen molar-refractivity contribution in [2.45, 2.75) is 6.54 Å². The molecule has 7 heteroatoms. The summed E-state index contributed by atoms with van der Waals surface area (Å²) in [6.07, 6.45) is 3.44. The lowest BCUT2D eigenvalue weighted by atomic mass is 10.1. The fourth-order valence-electron chi connectivity index (χ4n) is 2.87. The molecule has 0 bridgehead atoms. The summed E-state index contributed by atoms with van der Waals surface area (Å²) in [5, 5.41) is 7.82. The van der Waals surface area contributed by atoms with Crippen molar-refractivity contribution in [2.24, 2.45) is 0 Å². The highest BCUT2D eigenvalue weighted by atomic mass is 35.5. The minimum absolute atomic E-state index is 0.253. The van der Waals surface area contributed by atoms with E-state index >= 15 is 0 Å². The first kappa shape index (κ1) is 18.0. The molecule has 0 saturated carbocycles. The van der Waals surface area contributed by atoms with E-state index in [9.17, 15) is 4.79 Å². The van der Waals surface area contributed by atoms with Gasteiger partial charge in [-0.3, -0.25) is 4.79 Å². The van der Waals surface area contributed by atoms with Gasteiger partial charge in [0, 0.05) is 23.3 Å². The van der Waals surface area contributed by atoms with Crippen LogP contribution in [0.3, 0.4) is 0 Å². The predicted molar refractivity (Wildman–Crippen MR) is 108 cm³/mol. The maximum absolute atomic E-state index is 12.6. The monoisotopic (exact) mass is 392 g/mol. The lowest BCUT2D eigenvalue weighted by molar-refractivity contribution is 0.0946. The number of hydrogen-bond acceptors (Lipinski definition) is 4. The summed E-state index contributed by atoms with van der Waals surface area (Å²) in [6.45, 7) is 0.399.